The van der Waals surface area contributed by atoms with E-state index in [0.717, 1.165) is 7.11 Å². The van der Waals surface area contributed by atoms with E-state index in [-0.39, 0.29) is 5.69 Å². The minimum Gasteiger partial charge on any atom is -0.462 e. The molecular weight excluding hydrogens is 208 g/mol. The number of methoxy groups -OCH3 is 1. The van der Waals surface area contributed by atoms with Gasteiger partial charge in [0.2, 0.25) is 0 Å². The first kappa shape index (κ1) is 10.5. The Morgan fingerprint density at radius 1 is 1.57 bits per heavy atom. The lowest BCUT2D eigenvalue weighted by Crippen LogP contribution is -2.24. The smallest absolute Gasteiger partial charge is 0.396 e. The Hall–Kier alpha value is -1.62. The third-order valence-electron chi connectivity index (χ3n) is 1.39. The van der Waals surface area contributed by atoms with E-state index >= 15 is 0 Å². The number of hydrogen-bond acceptors (Lipinski definition) is 4. The van der Waals surface area contributed by atoms with Crippen molar-refractivity contribution >= 4 is 29.2 Å². The van der Waals surface area contributed by atoms with Crippen LogP contribution < -0.4 is 5.32 Å². The maximum Gasteiger partial charge on any atom is 0.396 e. The summed E-state index contributed by atoms with van der Waals surface area (Å²) in [7, 11) is 1.12. The standard InChI is InChI=1S/C8H7ClN2O3/c1-14-8(13)7(12)11-6-4-10-3-2-5(6)9/h2-4H,1H3,(H,11,12). The molecule has 0 fully saturated rings. The fourth-order valence-electron chi connectivity index (χ4n) is 0.736. The van der Waals surface area contributed by atoms with E-state index < -0.39 is 11.9 Å². The van der Waals surface area contributed by atoms with E-state index in [1.807, 2.05) is 0 Å². The van der Waals surface area contributed by atoms with Gasteiger partial charge in [-0.1, -0.05) is 11.6 Å². The topological polar surface area (TPSA) is 68.3 Å². The van der Waals surface area contributed by atoms with Gasteiger partial charge < -0.3 is 10.1 Å². The predicted octanol–water partition coefficient (Wildman–Crippen LogP) is 0.846. The molecule has 1 rings (SSSR count). The van der Waals surface area contributed by atoms with Crippen LogP contribution in [0.3, 0.4) is 0 Å². The molecule has 0 saturated heterocycles. The predicted molar refractivity (Wildman–Crippen MR) is 49.9 cm³/mol. The number of anilines is 1. The lowest BCUT2D eigenvalue weighted by Gasteiger charge is -2.03. The van der Waals surface area contributed by atoms with Crippen molar-refractivity contribution in [1.82, 2.24) is 4.98 Å². The zero-order chi connectivity index (χ0) is 10.6. The van der Waals surface area contributed by atoms with Gasteiger partial charge in [-0.05, 0) is 6.07 Å². The quantitative estimate of drug-likeness (QED) is 0.556. The van der Waals surface area contributed by atoms with Gasteiger partial charge in [0.15, 0.2) is 0 Å². The highest BCUT2D eigenvalue weighted by atomic mass is 35.5. The lowest BCUT2D eigenvalue weighted by molar-refractivity contribution is -0.150. The van der Waals surface area contributed by atoms with E-state index in [2.05, 4.69) is 15.0 Å². The van der Waals surface area contributed by atoms with Crippen LogP contribution in [0.15, 0.2) is 18.5 Å². The number of ether oxygens (including phenoxy) is 1. The van der Waals surface area contributed by atoms with Crippen molar-refractivity contribution < 1.29 is 14.3 Å². The minimum atomic E-state index is -0.982. The molecule has 1 heterocycles. The average Bonchev–Trinajstić information content (AvgIpc) is 2.20. The molecule has 74 valence electrons. The van der Waals surface area contributed by atoms with E-state index in [1.54, 1.807) is 0 Å². The van der Waals surface area contributed by atoms with Crippen molar-refractivity contribution in [2.45, 2.75) is 0 Å². The SMILES string of the molecule is COC(=O)C(=O)Nc1cnccc1Cl. The summed E-state index contributed by atoms with van der Waals surface area (Å²) >= 11 is 5.71. The second-order valence-electron chi connectivity index (χ2n) is 2.30. The van der Waals surface area contributed by atoms with Gasteiger partial charge in [0.1, 0.15) is 0 Å². The van der Waals surface area contributed by atoms with Gasteiger partial charge in [-0.25, -0.2) is 4.79 Å². The largest absolute Gasteiger partial charge is 0.462 e. The molecule has 0 aliphatic carbocycles. The van der Waals surface area contributed by atoms with Crippen LogP contribution in [0.2, 0.25) is 5.02 Å². The summed E-state index contributed by atoms with van der Waals surface area (Å²) in [6.07, 6.45) is 2.80. The summed E-state index contributed by atoms with van der Waals surface area (Å²) < 4.78 is 4.21. The molecule has 1 amide bonds. The first-order chi connectivity index (χ1) is 6.65. The highest BCUT2D eigenvalue weighted by Crippen LogP contribution is 2.18. The molecule has 1 aromatic heterocycles. The number of carbonyl (C=O) groups excluding carboxylic acids is 2. The van der Waals surface area contributed by atoms with Crippen LogP contribution in [0.1, 0.15) is 0 Å². The van der Waals surface area contributed by atoms with E-state index in [4.69, 9.17) is 11.6 Å². The number of aromatic nitrogens is 1. The van der Waals surface area contributed by atoms with Gasteiger partial charge in [0.25, 0.3) is 0 Å². The molecule has 0 spiro atoms. The van der Waals surface area contributed by atoms with Crippen LogP contribution in [-0.4, -0.2) is 24.0 Å². The number of amides is 1. The van der Waals surface area contributed by atoms with Crippen molar-refractivity contribution in [2.75, 3.05) is 12.4 Å². The first-order valence-corrected chi connectivity index (χ1v) is 4.01. The highest BCUT2D eigenvalue weighted by molar-refractivity contribution is 6.39. The summed E-state index contributed by atoms with van der Waals surface area (Å²) in [5.41, 5.74) is 0.268. The summed E-state index contributed by atoms with van der Waals surface area (Å²) in [4.78, 5) is 25.5. The van der Waals surface area contributed by atoms with Gasteiger partial charge >= 0.3 is 11.9 Å². The molecule has 0 aromatic carbocycles. The maximum absolute atomic E-state index is 11.0. The molecule has 0 radical (unpaired) electrons. The Morgan fingerprint density at radius 2 is 2.29 bits per heavy atom. The zero-order valence-corrected chi connectivity index (χ0v) is 8.04. The molecule has 5 nitrogen and oxygen atoms in total. The average molecular weight is 215 g/mol. The first-order valence-electron chi connectivity index (χ1n) is 3.64. The summed E-state index contributed by atoms with van der Waals surface area (Å²) in [6.45, 7) is 0. The number of rotatable bonds is 1. The minimum absolute atomic E-state index is 0.268. The molecule has 0 unspecified atom stereocenters. The second kappa shape index (κ2) is 4.57. The molecule has 0 aliphatic rings. The van der Waals surface area contributed by atoms with Crippen molar-refractivity contribution in [3.8, 4) is 0 Å². The van der Waals surface area contributed by atoms with Crippen molar-refractivity contribution in [2.24, 2.45) is 0 Å². The van der Waals surface area contributed by atoms with Gasteiger partial charge in [-0.15, -0.1) is 0 Å². The fourth-order valence-corrected chi connectivity index (χ4v) is 0.888. The van der Waals surface area contributed by atoms with Gasteiger partial charge in [0.05, 0.1) is 24.0 Å². The third-order valence-corrected chi connectivity index (χ3v) is 1.72. The normalized spacial score (nSPS) is 9.29. The highest BCUT2D eigenvalue weighted by Gasteiger charge is 2.14. The summed E-state index contributed by atoms with van der Waals surface area (Å²) in [5, 5.41) is 2.56. The molecule has 0 saturated carbocycles. The van der Waals surface area contributed by atoms with Crippen molar-refractivity contribution in [3.05, 3.63) is 23.5 Å². The molecule has 0 bridgehead atoms. The van der Waals surface area contributed by atoms with Crippen LogP contribution >= 0.6 is 11.6 Å². The Labute approximate surface area is 85.0 Å². The van der Waals surface area contributed by atoms with Crippen molar-refractivity contribution in [3.63, 3.8) is 0 Å². The van der Waals surface area contributed by atoms with Gasteiger partial charge in [-0.3, -0.25) is 9.78 Å². The molecule has 1 aromatic rings. The molecule has 0 aliphatic heterocycles. The van der Waals surface area contributed by atoms with Crippen LogP contribution in [0.4, 0.5) is 5.69 Å². The Kier molecular flexibility index (Phi) is 3.41. The zero-order valence-electron chi connectivity index (χ0n) is 7.28. The van der Waals surface area contributed by atoms with Gasteiger partial charge in [0, 0.05) is 6.20 Å². The Morgan fingerprint density at radius 3 is 2.86 bits per heavy atom. The molecule has 1 N–H and O–H groups in total. The van der Waals surface area contributed by atoms with Gasteiger partial charge in [-0.2, -0.15) is 0 Å². The molecule has 14 heavy (non-hydrogen) atoms. The Balaban J connectivity index is 2.75. The van der Waals surface area contributed by atoms with Crippen LogP contribution in [0, 0.1) is 0 Å². The Bertz CT molecular complexity index is 367. The monoisotopic (exact) mass is 214 g/mol. The number of carbonyl (C=O) groups is 2. The number of hydrogen-bond donors (Lipinski definition) is 1. The summed E-state index contributed by atoms with van der Waals surface area (Å²) in [6, 6.07) is 1.49. The maximum atomic E-state index is 11.0. The number of nitrogens with zero attached hydrogens (tertiary/aromatic N) is 1. The number of esters is 1. The lowest BCUT2D eigenvalue weighted by atomic mass is 10.4. The molecular formula is C8H7ClN2O3. The molecule has 6 heteroatoms. The summed E-state index contributed by atoms with van der Waals surface area (Å²) in [5.74, 6) is -1.87. The van der Waals surface area contributed by atoms with Crippen molar-refractivity contribution in [1.29, 1.82) is 0 Å². The number of nitrogens with one attached hydrogen (secondary N) is 1. The van der Waals surface area contributed by atoms with Crippen LogP contribution in [-0.2, 0) is 14.3 Å². The van der Waals surface area contributed by atoms with E-state index in [1.165, 1.54) is 18.5 Å². The van der Waals surface area contributed by atoms with Crippen LogP contribution in [0.5, 0.6) is 0 Å². The molecule has 0 atom stereocenters. The number of halogens is 1. The fraction of sp³-hybridized carbons (Fsp3) is 0.125. The van der Waals surface area contributed by atoms with E-state index in [0.29, 0.717) is 5.02 Å². The number of pyridine rings is 1. The third kappa shape index (κ3) is 2.43. The second-order valence-corrected chi connectivity index (χ2v) is 2.71. The van der Waals surface area contributed by atoms with Crippen LogP contribution in [0.25, 0.3) is 0 Å². The van der Waals surface area contributed by atoms with E-state index in [9.17, 15) is 9.59 Å².